The van der Waals surface area contributed by atoms with E-state index >= 15 is 0 Å². The molecule has 6 rings (SSSR count). The van der Waals surface area contributed by atoms with Gasteiger partial charge in [0.1, 0.15) is 0 Å². The van der Waals surface area contributed by atoms with Gasteiger partial charge in [-0.2, -0.15) is 0 Å². The van der Waals surface area contributed by atoms with Gasteiger partial charge in [-0.25, -0.2) is 4.98 Å². The Morgan fingerprint density at radius 2 is 1.97 bits per heavy atom. The van der Waals surface area contributed by atoms with Crippen LogP contribution >= 0.6 is 11.3 Å². The molecule has 172 valence electrons. The molecule has 8 nitrogen and oxygen atoms in total. The third kappa shape index (κ3) is 3.99. The van der Waals surface area contributed by atoms with Crippen LogP contribution in [0.15, 0.2) is 35.5 Å². The maximum atomic E-state index is 12.6. The van der Waals surface area contributed by atoms with E-state index in [0.717, 1.165) is 96.9 Å². The van der Waals surface area contributed by atoms with E-state index < -0.39 is 0 Å². The summed E-state index contributed by atoms with van der Waals surface area (Å²) in [6.07, 6.45) is 7.57. The van der Waals surface area contributed by atoms with Crippen molar-refractivity contribution in [3.05, 3.63) is 41.1 Å². The van der Waals surface area contributed by atoms with Gasteiger partial charge in [-0.3, -0.25) is 14.7 Å². The predicted molar refractivity (Wildman–Crippen MR) is 131 cm³/mol. The number of piperidine rings is 1. The summed E-state index contributed by atoms with van der Waals surface area (Å²) in [5.74, 6) is 0. The van der Waals surface area contributed by atoms with Gasteiger partial charge in [0, 0.05) is 67.5 Å². The Bertz CT molecular complexity index is 1340. The fourth-order valence-electron chi connectivity index (χ4n) is 4.93. The van der Waals surface area contributed by atoms with E-state index in [4.69, 9.17) is 14.5 Å². The number of benzene rings is 1. The van der Waals surface area contributed by atoms with Crippen LogP contribution in [0.25, 0.3) is 31.8 Å². The zero-order valence-electron chi connectivity index (χ0n) is 18.5. The zero-order chi connectivity index (χ0) is 22.2. The van der Waals surface area contributed by atoms with Crippen molar-refractivity contribution < 1.29 is 9.47 Å². The Hall–Kier alpha value is -2.59. The molecule has 4 aromatic rings. The number of thiazole rings is 1. The molecule has 0 bridgehead atoms. The minimum absolute atomic E-state index is 0.0857. The molecule has 0 saturated carbocycles. The third-order valence-electron chi connectivity index (χ3n) is 6.74. The van der Waals surface area contributed by atoms with Crippen LogP contribution in [0.5, 0.6) is 0 Å². The highest BCUT2D eigenvalue weighted by atomic mass is 32.1. The van der Waals surface area contributed by atoms with Gasteiger partial charge in [0.05, 0.1) is 41.5 Å². The summed E-state index contributed by atoms with van der Waals surface area (Å²) in [5, 5.41) is 4.48. The van der Waals surface area contributed by atoms with Crippen LogP contribution in [0.2, 0.25) is 0 Å². The molecule has 1 aromatic carbocycles. The van der Waals surface area contributed by atoms with Gasteiger partial charge in [-0.05, 0) is 25.0 Å². The lowest BCUT2D eigenvalue weighted by atomic mass is 10.0. The van der Waals surface area contributed by atoms with Crippen LogP contribution < -0.4 is 10.5 Å². The Morgan fingerprint density at radius 1 is 1.12 bits per heavy atom. The first-order valence-electron chi connectivity index (χ1n) is 11.6. The first-order valence-corrected chi connectivity index (χ1v) is 12.4. The monoisotopic (exact) mass is 465 g/mol. The largest absolute Gasteiger partial charge is 0.379 e. The Kier molecular flexibility index (Phi) is 5.71. The van der Waals surface area contributed by atoms with Crippen molar-refractivity contribution in [1.29, 1.82) is 0 Å². The summed E-state index contributed by atoms with van der Waals surface area (Å²) >= 11 is 1.68. The number of nitrogens with one attached hydrogen (secondary N) is 1. The third-order valence-corrected chi connectivity index (χ3v) is 7.89. The summed E-state index contributed by atoms with van der Waals surface area (Å²) in [6.45, 7) is 7.30. The minimum atomic E-state index is -0.0857. The molecule has 0 spiro atoms. The first-order chi connectivity index (χ1) is 16.3. The quantitative estimate of drug-likeness (QED) is 0.454. The highest BCUT2D eigenvalue weighted by molar-refractivity contribution is 7.23. The Morgan fingerprint density at radius 3 is 2.82 bits per heavy atom. The number of fused-ring (bicyclic) bond motifs is 6. The highest BCUT2D eigenvalue weighted by Crippen LogP contribution is 2.39. The number of hydrogen-bond acceptors (Lipinski definition) is 8. The average molecular weight is 466 g/mol. The smallest absolute Gasteiger partial charge is 0.256 e. The summed E-state index contributed by atoms with van der Waals surface area (Å²) in [5.41, 5.74) is 0.867. The molecule has 0 amide bonds. The van der Waals surface area contributed by atoms with E-state index in [9.17, 15) is 4.79 Å². The molecule has 2 fully saturated rings. The van der Waals surface area contributed by atoms with E-state index in [1.165, 1.54) is 0 Å². The molecule has 9 heteroatoms. The van der Waals surface area contributed by atoms with Crippen LogP contribution in [-0.2, 0) is 9.47 Å². The highest BCUT2D eigenvalue weighted by Gasteiger charge is 2.24. The van der Waals surface area contributed by atoms with Crippen molar-refractivity contribution in [3.63, 3.8) is 0 Å². The lowest BCUT2D eigenvalue weighted by Gasteiger charge is -2.32. The molecule has 2 aliphatic rings. The summed E-state index contributed by atoms with van der Waals surface area (Å²) in [7, 11) is 0. The van der Waals surface area contributed by atoms with Crippen molar-refractivity contribution in [2.45, 2.75) is 18.9 Å². The molecule has 3 aromatic heterocycles. The Balaban J connectivity index is 1.20. The number of aromatic nitrogens is 3. The van der Waals surface area contributed by atoms with Gasteiger partial charge >= 0.3 is 0 Å². The van der Waals surface area contributed by atoms with Gasteiger partial charge in [-0.15, -0.1) is 0 Å². The van der Waals surface area contributed by atoms with Crippen LogP contribution in [0.3, 0.4) is 0 Å². The summed E-state index contributed by atoms with van der Waals surface area (Å²) in [4.78, 5) is 29.5. The predicted octanol–water partition coefficient (Wildman–Crippen LogP) is 3.00. The van der Waals surface area contributed by atoms with Gasteiger partial charge < -0.3 is 19.4 Å². The fraction of sp³-hybridized carbons (Fsp3) is 0.458. The Labute approximate surface area is 195 Å². The SMILES string of the molecule is O=c1[nH]ccc2c3sc(N4CCC(OCCN5CCOCC5)CC4)nc3c3ccncc3c12. The average Bonchev–Trinajstić information content (AvgIpc) is 3.31. The molecule has 0 aliphatic carbocycles. The van der Waals surface area contributed by atoms with E-state index in [-0.39, 0.29) is 5.56 Å². The molecular formula is C24H27N5O3S. The molecule has 2 aliphatic heterocycles. The van der Waals surface area contributed by atoms with Gasteiger partial charge in [0.15, 0.2) is 5.13 Å². The summed E-state index contributed by atoms with van der Waals surface area (Å²) in [6, 6.07) is 3.93. The van der Waals surface area contributed by atoms with E-state index in [2.05, 4.69) is 19.8 Å². The molecule has 5 heterocycles. The van der Waals surface area contributed by atoms with Crippen molar-refractivity contribution in [1.82, 2.24) is 19.9 Å². The van der Waals surface area contributed by atoms with E-state index in [0.29, 0.717) is 11.5 Å². The maximum absolute atomic E-state index is 12.6. The first kappa shape index (κ1) is 21.0. The standard InChI is InChI=1S/C24H27N5O3S/c30-23-20-18(2-6-26-23)22-21(17-1-5-25-15-19(17)20)27-24(33-22)29-7-3-16(4-8-29)32-14-11-28-9-12-31-13-10-28/h1-2,5-6,15-16H,3-4,7-14H2,(H,26,30). The van der Waals surface area contributed by atoms with Crippen molar-refractivity contribution in [2.24, 2.45) is 0 Å². The fourth-order valence-corrected chi connectivity index (χ4v) is 6.09. The lowest BCUT2D eigenvalue weighted by molar-refractivity contribution is -0.00444. The second-order valence-corrected chi connectivity index (χ2v) is 9.68. The van der Waals surface area contributed by atoms with Crippen molar-refractivity contribution in [2.75, 3.05) is 57.4 Å². The number of rotatable bonds is 5. The van der Waals surface area contributed by atoms with Crippen molar-refractivity contribution >= 4 is 48.2 Å². The lowest BCUT2D eigenvalue weighted by Crippen LogP contribution is -2.40. The van der Waals surface area contributed by atoms with Gasteiger partial charge in [0.2, 0.25) is 0 Å². The molecule has 0 radical (unpaired) electrons. The molecule has 0 atom stereocenters. The molecule has 0 unspecified atom stereocenters. The van der Waals surface area contributed by atoms with Gasteiger partial charge in [-0.1, -0.05) is 11.3 Å². The van der Waals surface area contributed by atoms with Crippen LogP contribution in [-0.4, -0.2) is 78.5 Å². The van der Waals surface area contributed by atoms with Crippen LogP contribution in [0.1, 0.15) is 12.8 Å². The number of hydrogen-bond donors (Lipinski definition) is 1. The zero-order valence-corrected chi connectivity index (χ0v) is 19.3. The minimum Gasteiger partial charge on any atom is -0.379 e. The number of anilines is 1. The number of ether oxygens (including phenoxy) is 2. The molecular weight excluding hydrogens is 438 g/mol. The second kappa shape index (κ2) is 8.98. The van der Waals surface area contributed by atoms with E-state index in [1.54, 1.807) is 29.9 Å². The van der Waals surface area contributed by atoms with E-state index in [1.807, 2.05) is 12.1 Å². The maximum Gasteiger partial charge on any atom is 0.256 e. The number of morpholine rings is 1. The van der Waals surface area contributed by atoms with Crippen LogP contribution in [0, 0.1) is 0 Å². The number of pyridine rings is 2. The topological polar surface area (TPSA) is 83.6 Å². The number of nitrogens with zero attached hydrogens (tertiary/aromatic N) is 4. The normalized spacial score (nSPS) is 18.6. The number of aromatic amines is 1. The molecule has 2 saturated heterocycles. The second-order valence-electron chi connectivity index (χ2n) is 8.70. The van der Waals surface area contributed by atoms with Crippen LogP contribution in [0.4, 0.5) is 5.13 Å². The van der Waals surface area contributed by atoms with Gasteiger partial charge in [0.25, 0.3) is 5.56 Å². The molecule has 1 N–H and O–H groups in total. The summed E-state index contributed by atoms with van der Waals surface area (Å²) < 4.78 is 12.7. The number of H-pyrrole nitrogens is 1. The van der Waals surface area contributed by atoms with Crippen molar-refractivity contribution in [3.8, 4) is 0 Å². The molecule has 33 heavy (non-hydrogen) atoms.